The molecule has 4 nitrogen and oxygen atoms in total. The highest BCUT2D eigenvalue weighted by Crippen LogP contribution is 2.22. The highest BCUT2D eigenvalue weighted by Gasteiger charge is 2.06. The van der Waals surface area contributed by atoms with Gasteiger partial charge in [-0.15, -0.1) is 11.3 Å². The molecule has 1 heterocycles. The van der Waals surface area contributed by atoms with Crippen molar-refractivity contribution < 1.29 is 13.2 Å². The Morgan fingerprint density at radius 3 is 2.71 bits per heavy atom. The van der Waals surface area contributed by atoms with Crippen LogP contribution < -0.4 is 5.32 Å². The smallest absolute Gasteiger partial charge is 0.220 e. The van der Waals surface area contributed by atoms with Crippen LogP contribution in [-0.2, 0) is 21.1 Å². The maximum atomic E-state index is 11.4. The van der Waals surface area contributed by atoms with Crippen molar-refractivity contribution in [2.75, 3.05) is 18.6 Å². The number of aryl methyl sites for hydroxylation is 1. The van der Waals surface area contributed by atoms with Crippen LogP contribution in [0.4, 0.5) is 0 Å². The number of hydrogen-bond acceptors (Lipinski definition) is 4. The van der Waals surface area contributed by atoms with E-state index in [0.717, 1.165) is 11.1 Å². The van der Waals surface area contributed by atoms with E-state index >= 15 is 0 Å². The Labute approximate surface area is 110 Å². The van der Waals surface area contributed by atoms with E-state index in [1.807, 2.05) is 6.07 Å². The van der Waals surface area contributed by atoms with Gasteiger partial charge < -0.3 is 5.32 Å². The van der Waals surface area contributed by atoms with Crippen molar-refractivity contribution in [1.82, 2.24) is 5.32 Å². The molecule has 0 atom stereocenters. The summed E-state index contributed by atoms with van der Waals surface area (Å²) in [6.45, 7) is 0.170. The van der Waals surface area contributed by atoms with Crippen LogP contribution in [0.5, 0.6) is 0 Å². The third-order valence-electron chi connectivity index (χ3n) is 2.02. The minimum atomic E-state index is -3.01. The van der Waals surface area contributed by atoms with Crippen molar-refractivity contribution in [2.45, 2.75) is 12.8 Å². The zero-order valence-electron chi connectivity index (χ0n) is 9.40. The van der Waals surface area contributed by atoms with Crippen molar-refractivity contribution >= 4 is 38.7 Å². The molecule has 96 valence electrons. The van der Waals surface area contributed by atoms with Crippen LogP contribution in [-0.4, -0.2) is 32.9 Å². The molecule has 1 aromatic heterocycles. The predicted octanol–water partition coefficient (Wildman–Crippen LogP) is 1.49. The Hall–Kier alpha value is -0.590. The summed E-state index contributed by atoms with van der Waals surface area (Å²) in [6, 6.07) is 3.68. The predicted molar refractivity (Wildman–Crippen MR) is 70.4 cm³/mol. The fraction of sp³-hybridized carbons (Fsp3) is 0.500. The summed E-state index contributed by atoms with van der Waals surface area (Å²) in [5, 5.41) is 2.57. The molecule has 0 fully saturated rings. The summed E-state index contributed by atoms with van der Waals surface area (Å²) in [5.41, 5.74) is 0. The minimum absolute atomic E-state index is 0.0242. The monoisotopic (exact) mass is 295 g/mol. The summed E-state index contributed by atoms with van der Waals surface area (Å²) in [6.07, 6.45) is 2.12. The molecule has 0 saturated carbocycles. The maximum absolute atomic E-state index is 11.4. The lowest BCUT2D eigenvalue weighted by molar-refractivity contribution is -0.120. The molecule has 0 saturated heterocycles. The van der Waals surface area contributed by atoms with Gasteiger partial charge in [-0.2, -0.15) is 0 Å². The number of sulfone groups is 1. The summed E-state index contributed by atoms with van der Waals surface area (Å²) < 4.78 is 22.4. The van der Waals surface area contributed by atoms with E-state index in [-0.39, 0.29) is 18.2 Å². The fourth-order valence-corrected chi connectivity index (χ4v) is 2.75. The lowest BCUT2D eigenvalue weighted by Gasteiger charge is -2.03. The number of rotatable bonds is 6. The van der Waals surface area contributed by atoms with Crippen LogP contribution in [0.2, 0.25) is 4.34 Å². The van der Waals surface area contributed by atoms with Crippen molar-refractivity contribution in [3.05, 3.63) is 21.3 Å². The van der Waals surface area contributed by atoms with Gasteiger partial charge in [0.25, 0.3) is 0 Å². The van der Waals surface area contributed by atoms with Gasteiger partial charge in [-0.3, -0.25) is 4.79 Å². The van der Waals surface area contributed by atoms with Crippen LogP contribution in [0.25, 0.3) is 0 Å². The van der Waals surface area contributed by atoms with E-state index < -0.39 is 9.84 Å². The standard InChI is InChI=1S/C10H14ClNO3S2/c1-17(14,15)7-6-12-10(13)5-3-8-2-4-9(11)16-8/h2,4H,3,5-7H2,1H3,(H,12,13). The first-order valence-electron chi connectivity index (χ1n) is 5.05. The largest absolute Gasteiger partial charge is 0.355 e. The van der Waals surface area contributed by atoms with Gasteiger partial charge in [0.2, 0.25) is 5.91 Å². The molecule has 1 aromatic rings. The third kappa shape index (κ3) is 6.65. The molecule has 0 aliphatic carbocycles. The highest BCUT2D eigenvalue weighted by atomic mass is 35.5. The number of carbonyl (C=O) groups is 1. The maximum Gasteiger partial charge on any atom is 0.220 e. The van der Waals surface area contributed by atoms with Gasteiger partial charge in [-0.05, 0) is 18.6 Å². The number of amides is 1. The molecule has 0 aliphatic rings. The Morgan fingerprint density at radius 2 is 2.18 bits per heavy atom. The Bertz CT molecular complexity index is 481. The second-order valence-corrected chi connectivity index (χ2v) is 7.75. The molecule has 0 aromatic carbocycles. The van der Waals surface area contributed by atoms with Crippen LogP contribution in [0.1, 0.15) is 11.3 Å². The number of halogens is 1. The van der Waals surface area contributed by atoms with Crippen molar-refractivity contribution in [2.24, 2.45) is 0 Å². The first kappa shape index (κ1) is 14.5. The quantitative estimate of drug-likeness (QED) is 0.865. The lowest BCUT2D eigenvalue weighted by atomic mass is 10.2. The highest BCUT2D eigenvalue weighted by molar-refractivity contribution is 7.90. The molecule has 0 spiro atoms. The topological polar surface area (TPSA) is 63.2 Å². The zero-order valence-corrected chi connectivity index (χ0v) is 11.8. The lowest BCUT2D eigenvalue weighted by Crippen LogP contribution is -2.28. The second kappa shape index (κ2) is 6.37. The SMILES string of the molecule is CS(=O)(=O)CCNC(=O)CCc1ccc(Cl)s1. The summed E-state index contributed by atoms with van der Waals surface area (Å²) in [7, 11) is -3.01. The van der Waals surface area contributed by atoms with E-state index in [9.17, 15) is 13.2 Å². The van der Waals surface area contributed by atoms with Crippen LogP contribution in [0.15, 0.2) is 12.1 Å². The van der Waals surface area contributed by atoms with Gasteiger partial charge in [0, 0.05) is 24.1 Å². The van der Waals surface area contributed by atoms with E-state index in [1.54, 1.807) is 6.07 Å². The third-order valence-corrected chi connectivity index (χ3v) is 4.26. The molecular weight excluding hydrogens is 282 g/mol. The summed E-state index contributed by atoms with van der Waals surface area (Å²) in [5.74, 6) is -0.165. The Balaban J connectivity index is 2.22. The fourth-order valence-electron chi connectivity index (χ4n) is 1.19. The van der Waals surface area contributed by atoms with E-state index in [4.69, 9.17) is 11.6 Å². The van der Waals surface area contributed by atoms with Gasteiger partial charge in [-0.1, -0.05) is 11.6 Å². The van der Waals surface area contributed by atoms with Crippen molar-refractivity contribution in [3.8, 4) is 0 Å². The molecule has 1 N–H and O–H groups in total. The number of hydrogen-bond donors (Lipinski definition) is 1. The average Bonchev–Trinajstić information content (AvgIpc) is 2.59. The van der Waals surface area contributed by atoms with Crippen molar-refractivity contribution in [1.29, 1.82) is 0 Å². The van der Waals surface area contributed by atoms with E-state index in [0.29, 0.717) is 17.2 Å². The molecule has 0 aliphatic heterocycles. The van der Waals surface area contributed by atoms with E-state index in [2.05, 4.69) is 5.32 Å². The molecule has 1 amide bonds. The number of nitrogens with one attached hydrogen (secondary N) is 1. The Kier molecular flexibility index (Phi) is 5.42. The van der Waals surface area contributed by atoms with Gasteiger partial charge in [0.15, 0.2) is 0 Å². The summed E-state index contributed by atoms with van der Waals surface area (Å²) in [4.78, 5) is 12.4. The zero-order chi connectivity index (χ0) is 12.9. The van der Waals surface area contributed by atoms with Gasteiger partial charge in [-0.25, -0.2) is 8.42 Å². The molecule has 7 heteroatoms. The molecule has 0 unspecified atom stereocenters. The molecule has 17 heavy (non-hydrogen) atoms. The normalized spacial score (nSPS) is 11.4. The number of carbonyl (C=O) groups excluding carboxylic acids is 1. The molecule has 0 radical (unpaired) electrons. The van der Waals surface area contributed by atoms with E-state index in [1.165, 1.54) is 11.3 Å². The first-order chi connectivity index (χ1) is 7.87. The van der Waals surface area contributed by atoms with Gasteiger partial charge >= 0.3 is 0 Å². The molecule has 0 bridgehead atoms. The Morgan fingerprint density at radius 1 is 1.47 bits per heavy atom. The first-order valence-corrected chi connectivity index (χ1v) is 8.31. The van der Waals surface area contributed by atoms with Crippen LogP contribution in [0.3, 0.4) is 0 Å². The number of thiophene rings is 1. The second-order valence-electron chi connectivity index (χ2n) is 3.69. The molecule has 1 rings (SSSR count). The minimum Gasteiger partial charge on any atom is -0.355 e. The average molecular weight is 296 g/mol. The van der Waals surface area contributed by atoms with Crippen molar-refractivity contribution in [3.63, 3.8) is 0 Å². The van der Waals surface area contributed by atoms with Crippen LogP contribution in [0, 0.1) is 0 Å². The van der Waals surface area contributed by atoms with Crippen LogP contribution >= 0.6 is 22.9 Å². The molecular formula is C10H14ClNO3S2. The van der Waals surface area contributed by atoms with Gasteiger partial charge in [0.05, 0.1) is 10.1 Å². The van der Waals surface area contributed by atoms with Gasteiger partial charge in [0.1, 0.15) is 9.84 Å². The summed E-state index contributed by atoms with van der Waals surface area (Å²) >= 11 is 7.21.